The van der Waals surface area contributed by atoms with E-state index >= 15 is 0 Å². The van der Waals surface area contributed by atoms with Crippen LogP contribution in [0, 0.1) is 6.92 Å². The van der Waals surface area contributed by atoms with E-state index < -0.39 is 16.1 Å². The molecule has 0 radical (unpaired) electrons. The average molecular weight is 366 g/mol. The Morgan fingerprint density at radius 1 is 1.04 bits per heavy atom. The van der Waals surface area contributed by atoms with E-state index in [9.17, 15) is 8.42 Å². The molecule has 2 heterocycles. The van der Waals surface area contributed by atoms with Crippen molar-refractivity contribution >= 4 is 26.8 Å². The molecular formula is C19H18N4O2S. The van der Waals surface area contributed by atoms with Gasteiger partial charge in [-0.15, -0.1) is 0 Å². The first kappa shape index (κ1) is 16.7. The molecule has 6 nitrogen and oxygen atoms in total. The molecule has 0 aliphatic carbocycles. The number of hydrogen-bond acceptors (Lipinski definition) is 5. The maximum atomic E-state index is 12.3. The second-order valence-electron chi connectivity index (χ2n) is 6.40. The minimum Gasteiger partial charge on any atom is -0.253 e. The fraction of sp³-hybridized carbons (Fsp3) is 0.211. The number of aryl methyl sites for hydroxylation is 1. The van der Waals surface area contributed by atoms with Gasteiger partial charge in [0.15, 0.2) is 0 Å². The summed E-state index contributed by atoms with van der Waals surface area (Å²) in [6.07, 6.45) is 3.27. The maximum Gasteiger partial charge on any atom is 0.247 e. The fourth-order valence-corrected chi connectivity index (χ4v) is 4.10. The molecule has 0 unspecified atom stereocenters. The van der Waals surface area contributed by atoms with Crippen molar-refractivity contribution < 1.29 is 8.42 Å². The molecule has 3 aromatic rings. The van der Waals surface area contributed by atoms with E-state index in [-0.39, 0.29) is 0 Å². The number of aromatic nitrogens is 2. The maximum absolute atomic E-state index is 12.3. The summed E-state index contributed by atoms with van der Waals surface area (Å²) < 4.78 is 25.8. The van der Waals surface area contributed by atoms with Crippen LogP contribution in [0.5, 0.6) is 0 Å². The predicted octanol–water partition coefficient (Wildman–Crippen LogP) is 3.05. The van der Waals surface area contributed by atoms with E-state index in [1.54, 1.807) is 6.20 Å². The molecule has 0 bridgehead atoms. The molecule has 2 aromatic carbocycles. The van der Waals surface area contributed by atoms with Gasteiger partial charge in [-0.3, -0.25) is 4.98 Å². The lowest BCUT2D eigenvalue weighted by Crippen LogP contribution is -2.26. The van der Waals surface area contributed by atoms with Crippen molar-refractivity contribution in [2.75, 3.05) is 6.26 Å². The Labute approximate surface area is 152 Å². The molecule has 0 N–H and O–H groups in total. The van der Waals surface area contributed by atoms with E-state index in [1.165, 1.54) is 6.26 Å². The zero-order valence-corrected chi connectivity index (χ0v) is 15.3. The number of hydrazone groups is 1. The minimum atomic E-state index is -3.53. The molecule has 0 saturated carbocycles. The van der Waals surface area contributed by atoms with Crippen LogP contribution in [0.25, 0.3) is 11.0 Å². The van der Waals surface area contributed by atoms with Gasteiger partial charge < -0.3 is 0 Å². The lowest BCUT2D eigenvalue weighted by molar-refractivity contribution is 0.368. The fourth-order valence-electron chi connectivity index (χ4n) is 3.21. The number of benzene rings is 2. The molecule has 1 aliphatic heterocycles. The van der Waals surface area contributed by atoms with Crippen LogP contribution in [0.15, 0.2) is 59.8 Å². The Morgan fingerprint density at radius 3 is 2.46 bits per heavy atom. The van der Waals surface area contributed by atoms with Crippen molar-refractivity contribution in [2.24, 2.45) is 5.10 Å². The second kappa shape index (κ2) is 6.17. The van der Waals surface area contributed by atoms with Crippen LogP contribution in [0.4, 0.5) is 0 Å². The van der Waals surface area contributed by atoms with Crippen molar-refractivity contribution in [3.8, 4) is 0 Å². The van der Waals surface area contributed by atoms with E-state index in [0.717, 1.165) is 32.3 Å². The second-order valence-corrected chi connectivity index (χ2v) is 8.24. The molecule has 0 spiro atoms. The molecule has 7 heteroatoms. The normalized spacial score (nSPS) is 17.5. The summed E-state index contributed by atoms with van der Waals surface area (Å²) in [5.41, 5.74) is 4.88. The average Bonchev–Trinajstić information content (AvgIpc) is 3.07. The van der Waals surface area contributed by atoms with Crippen LogP contribution in [0.3, 0.4) is 0 Å². The molecule has 0 fully saturated rings. The summed E-state index contributed by atoms with van der Waals surface area (Å²) in [4.78, 5) is 9.05. The van der Waals surface area contributed by atoms with Crippen molar-refractivity contribution in [3.05, 3.63) is 71.5 Å². The molecule has 0 saturated heterocycles. The summed E-state index contributed by atoms with van der Waals surface area (Å²) in [6, 6.07) is 14.9. The third kappa shape index (κ3) is 2.94. The van der Waals surface area contributed by atoms with Gasteiger partial charge in [-0.25, -0.2) is 13.4 Å². The van der Waals surface area contributed by atoms with Gasteiger partial charge in [-0.05, 0) is 24.6 Å². The van der Waals surface area contributed by atoms with Gasteiger partial charge in [-0.2, -0.15) is 9.52 Å². The zero-order valence-electron chi connectivity index (χ0n) is 14.5. The van der Waals surface area contributed by atoms with Crippen LogP contribution in [-0.4, -0.2) is 34.8 Å². The highest BCUT2D eigenvalue weighted by Gasteiger charge is 2.36. The van der Waals surface area contributed by atoms with Crippen molar-refractivity contribution in [1.82, 2.24) is 14.4 Å². The number of nitrogens with zero attached hydrogens (tertiary/aromatic N) is 4. The molecule has 26 heavy (non-hydrogen) atoms. The topological polar surface area (TPSA) is 75.5 Å². The number of fused-ring (bicyclic) bond motifs is 1. The Hall–Kier alpha value is -2.80. The standard InChI is InChI=1S/C19H18N4O2S/c1-13-7-3-4-8-14(13)17-11-19(23(22-17)26(2,24)25)18-12-20-15-9-5-6-10-16(15)21-18/h3-10,12,19H,11H2,1-2H3/t19-/m1/s1. The number of hydrogen-bond donors (Lipinski definition) is 0. The summed E-state index contributed by atoms with van der Waals surface area (Å²) in [5.74, 6) is 0. The van der Waals surface area contributed by atoms with Crippen molar-refractivity contribution in [3.63, 3.8) is 0 Å². The van der Waals surface area contributed by atoms with Crippen molar-refractivity contribution in [1.29, 1.82) is 0 Å². The Kier molecular flexibility index (Phi) is 3.96. The molecule has 0 amide bonds. The number of sulfonamides is 1. The highest BCUT2D eigenvalue weighted by atomic mass is 32.2. The van der Waals surface area contributed by atoms with Gasteiger partial charge >= 0.3 is 0 Å². The van der Waals surface area contributed by atoms with E-state index in [2.05, 4.69) is 15.1 Å². The first-order valence-electron chi connectivity index (χ1n) is 8.28. The Bertz CT molecular complexity index is 1130. The van der Waals surface area contributed by atoms with Crippen LogP contribution in [-0.2, 0) is 10.0 Å². The smallest absolute Gasteiger partial charge is 0.247 e. The van der Waals surface area contributed by atoms with Gasteiger partial charge in [0, 0.05) is 12.0 Å². The molecule has 1 atom stereocenters. The number of rotatable bonds is 3. The molecule has 132 valence electrons. The molecular weight excluding hydrogens is 348 g/mol. The van der Waals surface area contributed by atoms with E-state index in [4.69, 9.17) is 0 Å². The van der Waals surface area contributed by atoms with Gasteiger partial charge in [-0.1, -0.05) is 36.4 Å². The zero-order chi connectivity index (χ0) is 18.3. The van der Waals surface area contributed by atoms with Gasteiger partial charge in [0.25, 0.3) is 0 Å². The molecule has 1 aliphatic rings. The first-order valence-corrected chi connectivity index (χ1v) is 10.1. The van der Waals surface area contributed by atoms with Crippen LogP contribution >= 0.6 is 0 Å². The predicted molar refractivity (Wildman–Crippen MR) is 101 cm³/mol. The van der Waals surface area contributed by atoms with E-state index in [1.807, 2.05) is 55.5 Å². The molecule has 1 aromatic heterocycles. The molecule has 4 rings (SSSR count). The Balaban J connectivity index is 1.79. The highest BCUT2D eigenvalue weighted by Crippen LogP contribution is 2.34. The van der Waals surface area contributed by atoms with Gasteiger partial charge in [0.2, 0.25) is 10.0 Å². The van der Waals surface area contributed by atoms with E-state index in [0.29, 0.717) is 12.1 Å². The minimum absolute atomic E-state index is 0.463. The number of para-hydroxylation sites is 2. The summed E-state index contributed by atoms with van der Waals surface area (Å²) in [5, 5.41) is 4.42. The third-order valence-electron chi connectivity index (χ3n) is 4.48. The third-order valence-corrected chi connectivity index (χ3v) is 5.49. The largest absolute Gasteiger partial charge is 0.253 e. The summed E-state index contributed by atoms with van der Waals surface area (Å²) in [7, 11) is -3.53. The lowest BCUT2D eigenvalue weighted by atomic mass is 9.99. The summed E-state index contributed by atoms with van der Waals surface area (Å²) in [6.45, 7) is 1.99. The lowest BCUT2D eigenvalue weighted by Gasteiger charge is -2.20. The van der Waals surface area contributed by atoms with Gasteiger partial charge in [0.1, 0.15) is 6.04 Å². The van der Waals surface area contributed by atoms with Crippen LogP contribution in [0.2, 0.25) is 0 Å². The quantitative estimate of drug-likeness (QED) is 0.714. The first-order chi connectivity index (χ1) is 12.4. The van der Waals surface area contributed by atoms with Crippen LogP contribution < -0.4 is 0 Å². The monoisotopic (exact) mass is 366 g/mol. The van der Waals surface area contributed by atoms with Gasteiger partial charge in [0.05, 0.1) is 34.9 Å². The van der Waals surface area contributed by atoms with Crippen LogP contribution in [0.1, 0.15) is 29.3 Å². The highest BCUT2D eigenvalue weighted by molar-refractivity contribution is 7.88. The Morgan fingerprint density at radius 2 is 1.73 bits per heavy atom. The van der Waals surface area contributed by atoms with Crippen molar-refractivity contribution in [2.45, 2.75) is 19.4 Å². The summed E-state index contributed by atoms with van der Waals surface area (Å²) >= 11 is 0. The SMILES string of the molecule is Cc1ccccc1C1=NN(S(C)(=O)=O)[C@@H](c2cnc3ccccc3n2)C1.